The monoisotopic (exact) mass is 462 g/mol. The Kier molecular flexibility index (Phi) is 6.87. The number of pyridine rings is 1. The summed E-state index contributed by atoms with van der Waals surface area (Å²) in [6, 6.07) is 10.6. The summed E-state index contributed by atoms with van der Waals surface area (Å²) >= 11 is 0. The Morgan fingerprint density at radius 3 is 2.82 bits per heavy atom. The van der Waals surface area contributed by atoms with Crippen LogP contribution in [-0.2, 0) is 16.1 Å². The third kappa shape index (κ3) is 5.13. The normalized spacial score (nSPS) is 26.0. The average Bonchev–Trinajstić information content (AvgIpc) is 2.87. The van der Waals surface area contributed by atoms with Crippen LogP contribution >= 0.6 is 0 Å². The molecule has 3 aliphatic heterocycles. The van der Waals surface area contributed by atoms with Crippen LogP contribution in [0.4, 0.5) is 0 Å². The molecule has 0 spiro atoms. The maximum Gasteiger partial charge on any atom is 0.258 e. The number of hydrogen-bond acceptors (Lipinski definition) is 6. The number of amides is 2. The average molecular weight is 463 g/mol. The van der Waals surface area contributed by atoms with Crippen LogP contribution in [0.5, 0.6) is 5.75 Å². The van der Waals surface area contributed by atoms with Crippen LogP contribution in [0.2, 0.25) is 0 Å². The first-order chi connectivity index (χ1) is 16.7. The van der Waals surface area contributed by atoms with Gasteiger partial charge in [0.2, 0.25) is 5.91 Å². The van der Waals surface area contributed by atoms with E-state index in [1.165, 1.54) is 0 Å². The number of hydrogen-bond donors (Lipinski definition) is 1. The lowest BCUT2D eigenvalue weighted by Crippen LogP contribution is -2.61. The Hall–Kier alpha value is -3.23. The van der Waals surface area contributed by atoms with E-state index in [2.05, 4.69) is 21.3 Å². The minimum atomic E-state index is -0.609. The van der Waals surface area contributed by atoms with Gasteiger partial charge >= 0.3 is 0 Å². The van der Waals surface area contributed by atoms with Crippen molar-refractivity contribution >= 4 is 11.8 Å². The molecule has 4 heterocycles. The first-order valence-corrected chi connectivity index (χ1v) is 11.9. The van der Waals surface area contributed by atoms with Crippen molar-refractivity contribution in [2.75, 3.05) is 32.8 Å². The van der Waals surface area contributed by atoms with Gasteiger partial charge in [0.15, 0.2) is 0 Å². The van der Waals surface area contributed by atoms with Gasteiger partial charge in [-0.3, -0.25) is 19.5 Å². The quantitative estimate of drug-likeness (QED) is 0.688. The van der Waals surface area contributed by atoms with Gasteiger partial charge in [-0.1, -0.05) is 24.3 Å². The lowest BCUT2D eigenvalue weighted by Gasteiger charge is -2.41. The highest BCUT2D eigenvalue weighted by Gasteiger charge is 2.37. The minimum absolute atomic E-state index is 0.0275. The second kappa shape index (κ2) is 10.4. The Morgan fingerprint density at radius 1 is 1.09 bits per heavy atom. The number of aromatic nitrogens is 1. The number of rotatable bonds is 2. The van der Waals surface area contributed by atoms with Crippen LogP contribution in [0, 0.1) is 0 Å². The molecule has 0 saturated carbocycles. The van der Waals surface area contributed by atoms with Crippen molar-refractivity contribution in [1.29, 1.82) is 0 Å². The Labute approximate surface area is 199 Å². The highest BCUT2D eigenvalue weighted by atomic mass is 16.5. The molecule has 3 aliphatic rings. The Bertz CT molecular complexity index is 1040. The van der Waals surface area contributed by atoms with E-state index in [0.29, 0.717) is 57.1 Å². The molecule has 1 saturated heterocycles. The lowest BCUT2D eigenvalue weighted by atomic mass is 10.1. The number of nitrogens with zero attached hydrogens (tertiary/aromatic N) is 3. The number of fused-ring (bicyclic) bond motifs is 4. The number of carbonyl (C=O) groups is 2. The van der Waals surface area contributed by atoms with Gasteiger partial charge in [-0.15, -0.1) is 0 Å². The molecule has 3 atom stereocenters. The van der Waals surface area contributed by atoms with Gasteiger partial charge in [0.05, 0.1) is 24.4 Å². The summed E-state index contributed by atoms with van der Waals surface area (Å²) in [7, 11) is 0. The molecule has 1 aromatic carbocycles. The van der Waals surface area contributed by atoms with Gasteiger partial charge in [-0.25, -0.2) is 0 Å². The summed E-state index contributed by atoms with van der Waals surface area (Å²) in [4.78, 5) is 35.0. The lowest BCUT2D eigenvalue weighted by molar-refractivity contribution is -0.128. The van der Waals surface area contributed by atoms with E-state index < -0.39 is 6.04 Å². The third-order valence-electron chi connectivity index (χ3n) is 6.59. The summed E-state index contributed by atoms with van der Waals surface area (Å²) in [5.41, 5.74) is 1.61. The van der Waals surface area contributed by atoms with Crippen LogP contribution in [0.25, 0.3) is 0 Å². The largest absolute Gasteiger partial charge is 0.493 e. The summed E-state index contributed by atoms with van der Waals surface area (Å²) in [6.07, 6.45) is 9.02. The van der Waals surface area contributed by atoms with Crippen molar-refractivity contribution in [2.45, 2.75) is 37.6 Å². The molecule has 34 heavy (non-hydrogen) atoms. The zero-order chi connectivity index (χ0) is 23.3. The fraction of sp³-hybridized carbons (Fsp3) is 0.423. The predicted molar refractivity (Wildman–Crippen MR) is 126 cm³/mol. The van der Waals surface area contributed by atoms with E-state index in [1.54, 1.807) is 23.4 Å². The number of piperazine rings is 1. The molecule has 0 radical (unpaired) electrons. The number of carbonyl (C=O) groups excluding carboxylic acids is 2. The minimum Gasteiger partial charge on any atom is -0.493 e. The third-order valence-corrected chi connectivity index (χ3v) is 6.59. The van der Waals surface area contributed by atoms with Gasteiger partial charge < -0.3 is 19.7 Å². The van der Waals surface area contributed by atoms with Crippen molar-refractivity contribution in [1.82, 2.24) is 20.1 Å². The molecule has 5 rings (SSSR count). The van der Waals surface area contributed by atoms with Gasteiger partial charge in [0, 0.05) is 51.5 Å². The molecule has 178 valence electrons. The summed E-state index contributed by atoms with van der Waals surface area (Å²) in [5, 5.41) is 3.04. The molecule has 2 amide bonds. The van der Waals surface area contributed by atoms with Gasteiger partial charge in [0.1, 0.15) is 11.8 Å². The van der Waals surface area contributed by atoms with E-state index in [1.807, 2.05) is 36.4 Å². The molecule has 8 nitrogen and oxygen atoms in total. The van der Waals surface area contributed by atoms with E-state index in [-0.39, 0.29) is 24.0 Å². The smallest absolute Gasteiger partial charge is 0.258 e. The van der Waals surface area contributed by atoms with Crippen LogP contribution < -0.4 is 10.1 Å². The first-order valence-electron chi connectivity index (χ1n) is 11.9. The van der Waals surface area contributed by atoms with E-state index in [4.69, 9.17) is 9.47 Å². The molecule has 1 aromatic heterocycles. The highest BCUT2D eigenvalue weighted by molar-refractivity contribution is 6.00. The number of nitrogens with one attached hydrogen (secondary N) is 1. The standard InChI is InChI=1S/C26H30N4O4/c31-25-23-18-29(17-19-8-11-27-12-9-19)13-14-30(23)26(32)22-6-1-2-7-24(22)33-15-10-20-4-3-5-21(34-20)16-28-25/h1-3,5-9,11-12,20-21,23H,4,10,13-18H2,(H,28,31)/t20-,21-,23-/m0/s1. The SMILES string of the molecule is O=C1NC[C@@H]2C=CC[C@@H](CCOc3ccccc3C(=O)N3CCN(Cc4ccncc4)C[C@@H]13)O2. The summed E-state index contributed by atoms with van der Waals surface area (Å²) < 4.78 is 12.2. The second-order valence-electron chi connectivity index (χ2n) is 8.94. The van der Waals surface area contributed by atoms with Crippen molar-refractivity contribution < 1.29 is 19.1 Å². The predicted octanol–water partition coefficient (Wildman–Crippen LogP) is 2.02. The topological polar surface area (TPSA) is 84.0 Å². The molecule has 0 aliphatic carbocycles. The number of ether oxygens (including phenoxy) is 2. The molecular weight excluding hydrogens is 432 g/mol. The van der Waals surface area contributed by atoms with Gasteiger partial charge in [-0.2, -0.15) is 0 Å². The number of para-hydroxylation sites is 1. The molecular formula is C26H30N4O4. The van der Waals surface area contributed by atoms with Gasteiger partial charge in [-0.05, 0) is 36.2 Å². The Morgan fingerprint density at radius 2 is 1.94 bits per heavy atom. The second-order valence-corrected chi connectivity index (χ2v) is 8.94. The van der Waals surface area contributed by atoms with Crippen LogP contribution in [0.15, 0.2) is 60.9 Å². The Balaban J connectivity index is 1.41. The van der Waals surface area contributed by atoms with Crippen molar-refractivity contribution in [3.05, 3.63) is 72.1 Å². The van der Waals surface area contributed by atoms with Crippen LogP contribution in [-0.4, -0.2) is 77.6 Å². The van der Waals surface area contributed by atoms with E-state index >= 15 is 0 Å². The number of benzene rings is 1. The highest BCUT2D eigenvalue weighted by Crippen LogP contribution is 2.25. The van der Waals surface area contributed by atoms with Crippen LogP contribution in [0.1, 0.15) is 28.8 Å². The zero-order valence-electron chi connectivity index (χ0n) is 19.1. The summed E-state index contributed by atoms with van der Waals surface area (Å²) in [6.45, 7) is 3.13. The molecule has 2 aromatic rings. The molecule has 0 unspecified atom stereocenters. The van der Waals surface area contributed by atoms with Crippen molar-refractivity contribution in [2.24, 2.45) is 0 Å². The fourth-order valence-corrected chi connectivity index (χ4v) is 4.77. The van der Waals surface area contributed by atoms with Crippen molar-refractivity contribution in [3.63, 3.8) is 0 Å². The van der Waals surface area contributed by atoms with E-state index in [0.717, 1.165) is 12.0 Å². The summed E-state index contributed by atoms with van der Waals surface area (Å²) in [5.74, 6) is 0.209. The maximum absolute atomic E-state index is 13.7. The fourth-order valence-electron chi connectivity index (χ4n) is 4.77. The molecule has 8 heteroatoms. The molecule has 1 N–H and O–H groups in total. The maximum atomic E-state index is 13.7. The van der Waals surface area contributed by atoms with E-state index in [9.17, 15) is 9.59 Å². The molecule has 1 fully saturated rings. The zero-order valence-corrected chi connectivity index (χ0v) is 19.1. The first kappa shape index (κ1) is 22.6. The van der Waals surface area contributed by atoms with Crippen LogP contribution in [0.3, 0.4) is 0 Å². The van der Waals surface area contributed by atoms with Gasteiger partial charge in [0.25, 0.3) is 5.91 Å². The molecule has 2 bridgehead atoms. The van der Waals surface area contributed by atoms with Crippen molar-refractivity contribution in [3.8, 4) is 5.75 Å².